The van der Waals surface area contributed by atoms with Crippen molar-refractivity contribution in [1.82, 2.24) is 23.2 Å². The van der Waals surface area contributed by atoms with Crippen molar-refractivity contribution >= 4 is 77.9 Å². The van der Waals surface area contributed by atoms with E-state index in [1.807, 2.05) is 102 Å². The van der Waals surface area contributed by atoms with E-state index in [0.717, 1.165) is 111 Å². The molecular weight excluding hydrogens is 1270 g/mol. The van der Waals surface area contributed by atoms with Crippen LogP contribution >= 0.6 is 0 Å². The Bertz CT molecular complexity index is 4120. The predicted molar refractivity (Wildman–Crippen MR) is 387 cm³/mol. The maximum Gasteiger partial charge on any atom is 0.338 e. The first-order valence-corrected chi connectivity index (χ1v) is 37.4. The summed E-state index contributed by atoms with van der Waals surface area (Å²) >= 11 is 0. The molecule has 0 amide bonds. The van der Waals surface area contributed by atoms with Crippen LogP contribution in [0.4, 0.5) is 0 Å². The SMILES string of the molecule is CCCCN(C)CCCC(=O)C1=Cc2cc(OC)ccc2-c2c(C3CCCCC3)c3ccc(C(=O)OC(C)(C)C)cc3n2C1.COc1ccc2c(c1)C=C(C(=O)CCCN(C)CCN(C)S(N)(=O)=O)Cn1c-2c(C2CCCCC2)c2ccc(C(=O)OC(C)(C)C)cc21.NS(N)(=O)=O. The van der Waals surface area contributed by atoms with Gasteiger partial charge in [0.15, 0.2) is 11.6 Å². The average Bonchev–Trinajstić information content (AvgIpc) is 1.58. The molecule has 10 rings (SSSR count). The van der Waals surface area contributed by atoms with E-state index in [1.165, 1.54) is 80.6 Å². The number of methoxy groups -OCH3 is 2. The molecule has 2 aromatic heterocycles. The number of carbonyl (C=O) groups is 4. The number of aromatic nitrogens is 2. The number of Topliss-reactive ketones (excluding diaryl/α,β-unsaturated/α-hetero) is 2. The van der Waals surface area contributed by atoms with Crippen molar-refractivity contribution in [3.63, 3.8) is 0 Å². The normalized spacial score (nSPS) is 15.4. The summed E-state index contributed by atoms with van der Waals surface area (Å²) in [5.41, 5.74) is 12.2. The number of esters is 2. The fourth-order valence-electron chi connectivity index (χ4n) is 13.8. The lowest BCUT2D eigenvalue weighted by molar-refractivity contribution is -0.116. The van der Waals surface area contributed by atoms with Crippen molar-refractivity contribution in [1.29, 1.82) is 0 Å². The number of benzene rings is 4. The van der Waals surface area contributed by atoms with Gasteiger partial charge >= 0.3 is 11.9 Å². The maximum absolute atomic E-state index is 14.0. The zero-order chi connectivity index (χ0) is 70.7. The van der Waals surface area contributed by atoms with Gasteiger partial charge in [0.05, 0.1) is 49.8 Å². The Kier molecular flexibility index (Phi) is 25.6. The lowest BCUT2D eigenvalue weighted by atomic mass is 9.81. The highest BCUT2D eigenvalue weighted by Gasteiger charge is 2.34. The number of allylic oxidation sites excluding steroid dienone is 2. The van der Waals surface area contributed by atoms with Crippen molar-refractivity contribution in [2.75, 3.05) is 68.1 Å². The van der Waals surface area contributed by atoms with E-state index < -0.39 is 31.6 Å². The quantitative estimate of drug-likeness (QED) is 0.0504. The molecule has 6 N–H and O–H groups in total. The van der Waals surface area contributed by atoms with Crippen LogP contribution in [0, 0.1) is 0 Å². The number of hydrogen-bond acceptors (Lipinski definition) is 14. The molecule has 2 fully saturated rings. The van der Waals surface area contributed by atoms with Crippen molar-refractivity contribution in [3.8, 4) is 34.0 Å². The molecule has 2 saturated carbocycles. The molecule has 4 heterocycles. The van der Waals surface area contributed by atoms with Gasteiger partial charge in [-0.2, -0.15) is 21.1 Å². The molecule has 2 aliphatic carbocycles. The highest BCUT2D eigenvalue weighted by Crippen LogP contribution is 2.49. The average molecular weight is 1370 g/mol. The highest BCUT2D eigenvalue weighted by atomic mass is 32.2. The molecule has 22 heteroatoms. The summed E-state index contributed by atoms with van der Waals surface area (Å²) in [6.07, 6.45) is 20.5. The third-order valence-electron chi connectivity index (χ3n) is 18.6. The van der Waals surface area contributed by atoms with E-state index in [4.69, 9.17) is 24.1 Å². The van der Waals surface area contributed by atoms with E-state index in [9.17, 15) is 36.0 Å². The zero-order valence-corrected chi connectivity index (χ0v) is 60.8. The van der Waals surface area contributed by atoms with Gasteiger partial charge in [0.1, 0.15) is 22.7 Å². The Hall–Kier alpha value is -7.02. The Morgan fingerprint density at radius 1 is 0.526 bits per heavy atom. The minimum atomic E-state index is -3.73. The lowest BCUT2D eigenvalue weighted by Crippen LogP contribution is -2.38. The number of nitrogens with two attached hydrogens (primary N) is 3. The van der Waals surface area contributed by atoms with Gasteiger partial charge in [-0.3, -0.25) is 9.59 Å². The van der Waals surface area contributed by atoms with Crippen LogP contribution in [0.1, 0.15) is 206 Å². The number of carbonyl (C=O) groups excluding carboxylic acids is 4. The Morgan fingerprint density at radius 3 is 1.27 bits per heavy atom. The van der Waals surface area contributed by atoms with Gasteiger partial charge < -0.3 is 37.9 Å². The summed E-state index contributed by atoms with van der Waals surface area (Å²) in [5, 5.41) is 15.7. The topological polar surface area (TPSA) is 271 Å². The molecule has 4 aromatic carbocycles. The maximum atomic E-state index is 14.0. The largest absolute Gasteiger partial charge is 0.497 e. The van der Waals surface area contributed by atoms with Crippen LogP contribution in [0.5, 0.6) is 11.5 Å². The molecule has 4 aliphatic rings. The standard InChI is InChI=1S/C38H50N2O4.C37H50N4O6S.H4N2O2S/c1-7-8-20-39(5)21-12-15-34(41)29-22-28-23-30(43-6)17-19-31(28)36-35(26-13-10-9-11-14-26)32-18-16-27(24-33(32)40(36)25-29)37(42)44-38(2,3)4;1-37(2,3)47-36(43)26-14-16-31-32(23-26)41-24-28(33(42)13-10-18-39(4)19-20-40(5)48(38,44)45)21-27-22-29(46-6)15-17-30(27)35(41)34(31)25-11-8-7-9-12-25;1-5(2,3)4/h16-19,22-24,26H,7-15,20-21,25H2,1-6H3;14-17,21-23,25H,7-13,18-20,24H2,1-6H3,(H2,38,44,45);(H4,1,2,3,4). The predicted octanol–water partition coefficient (Wildman–Crippen LogP) is 13.1. The first kappa shape index (κ1) is 75.7. The third kappa shape index (κ3) is 20.3. The third-order valence-corrected chi connectivity index (χ3v) is 19.6. The van der Waals surface area contributed by atoms with Crippen LogP contribution in [0.2, 0.25) is 0 Å². The molecule has 0 saturated heterocycles. The first-order chi connectivity index (χ1) is 45.7. The second kappa shape index (κ2) is 32.8. The Balaban J connectivity index is 0.000000232. The van der Waals surface area contributed by atoms with Crippen LogP contribution in [0.15, 0.2) is 83.9 Å². The van der Waals surface area contributed by atoms with E-state index in [1.54, 1.807) is 14.2 Å². The van der Waals surface area contributed by atoms with Crippen LogP contribution in [0.25, 0.3) is 56.5 Å². The molecule has 0 unspecified atom stereocenters. The van der Waals surface area contributed by atoms with Crippen molar-refractivity contribution in [2.24, 2.45) is 15.4 Å². The second-order valence-corrected chi connectivity index (χ2v) is 31.4. The molecule has 0 spiro atoms. The summed E-state index contributed by atoms with van der Waals surface area (Å²) in [4.78, 5) is 58.6. The molecule has 0 bridgehead atoms. The molecule has 0 radical (unpaired) electrons. The minimum absolute atomic E-state index is 0.0519. The van der Waals surface area contributed by atoms with Gasteiger partial charge in [-0.25, -0.2) is 25.0 Å². The molecule has 20 nitrogen and oxygen atoms in total. The molecular formula is C75H104N8O12S2. The summed E-state index contributed by atoms with van der Waals surface area (Å²) < 4.78 is 69.9. The van der Waals surface area contributed by atoms with Gasteiger partial charge in [-0.05, 0) is 227 Å². The van der Waals surface area contributed by atoms with Gasteiger partial charge in [0.2, 0.25) is 0 Å². The molecule has 6 aromatic rings. The number of nitrogens with zero attached hydrogens (tertiary/aromatic N) is 5. The van der Waals surface area contributed by atoms with Crippen molar-refractivity contribution in [3.05, 3.63) is 117 Å². The van der Waals surface area contributed by atoms with Gasteiger partial charge in [0.25, 0.3) is 20.4 Å². The summed E-state index contributed by atoms with van der Waals surface area (Å²) in [6, 6.07) is 24.2. The van der Waals surface area contributed by atoms with E-state index in [-0.39, 0.29) is 30.0 Å². The number of hydrogen-bond donors (Lipinski definition) is 3. The number of ether oxygens (including phenoxy) is 4. The summed E-state index contributed by atoms with van der Waals surface area (Å²) in [7, 11) is 1.43. The van der Waals surface area contributed by atoms with Crippen molar-refractivity contribution in [2.45, 2.75) is 187 Å². The number of likely N-dealkylation sites (N-methyl/N-ethyl adjacent to an activating group) is 2. The second-order valence-electron chi connectivity index (χ2n) is 28.5. The van der Waals surface area contributed by atoms with E-state index >= 15 is 0 Å². The van der Waals surface area contributed by atoms with Gasteiger partial charge in [-0.15, -0.1) is 0 Å². The zero-order valence-electron chi connectivity index (χ0n) is 59.2. The van der Waals surface area contributed by atoms with E-state index in [2.05, 4.69) is 74.7 Å². The number of fused-ring (bicyclic) bond motifs is 10. The molecule has 528 valence electrons. The number of unbranched alkanes of at least 4 members (excludes halogenated alkanes) is 1. The minimum Gasteiger partial charge on any atom is -0.497 e. The van der Waals surface area contributed by atoms with Crippen molar-refractivity contribution < 1.29 is 55.0 Å². The van der Waals surface area contributed by atoms with Gasteiger partial charge in [-0.1, -0.05) is 64.0 Å². The van der Waals surface area contributed by atoms with Gasteiger partial charge in [0, 0.05) is 77.1 Å². The van der Waals surface area contributed by atoms with Crippen LogP contribution in [-0.4, -0.2) is 143 Å². The summed E-state index contributed by atoms with van der Waals surface area (Å²) in [5.74, 6) is 1.84. The van der Waals surface area contributed by atoms with Crippen LogP contribution < -0.4 is 24.9 Å². The fourth-order valence-corrected chi connectivity index (χ4v) is 14.1. The monoisotopic (exact) mass is 1370 g/mol. The number of rotatable bonds is 23. The van der Waals surface area contributed by atoms with Crippen LogP contribution in [0.3, 0.4) is 0 Å². The Labute approximate surface area is 575 Å². The van der Waals surface area contributed by atoms with E-state index in [0.29, 0.717) is 74.0 Å². The fraction of sp³-hybridized carbons (Fsp3) is 0.520. The Morgan fingerprint density at radius 2 is 0.907 bits per heavy atom. The first-order valence-electron chi connectivity index (χ1n) is 34.3. The summed E-state index contributed by atoms with van der Waals surface area (Å²) in [6.45, 7) is 17.7. The number of ketones is 2. The molecule has 2 aliphatic heterocycles. The molecule has 0 atom stereocenters. The lowest BCUT2D eigenvalue weighted by Gasteiger charge is -2.24. The molecule has 97 heavy (non-hydrogen) atoms. The van der Waals surface area contributed by atoms with Crippen LogP contribution in [-0.2, 0) is 52.6 Å². The highest BCUT2D eigenvalue weighted by molar-refractivity contribution is 7.87. The smallest absolute Gasteiger partial charge is 0.338 e.